The normalized spacial score (nSPS) is 19.6. The molecule has 2 atom stereocenters. The molecule has 0 spiro atoms. The predicted molar refractivity (Wildman–Crippen MR) is 95.3 cm³/mol. The van der Waals surface area contributed by atoms with Gasteiger partial charge in [0, 0.05) is 12.1 Å². The second kappa shape index (κ2) is 7.59. The maximum atomic E-state index is 13.0. The van der Waals surface area contributed by atoms with Crippen LogP contribution in [0.5, 0.6) is 0 Å². The molecule has 1 fully saturated rings. The van der Waals surface area contributed by atoms with Crippen LogP contribution in [0.25, 0.3) is 0 Å². The molecule has 0 radical (unpaired) electrons. The largest absolute Gasteiger partial charge is 0.237 e. The quantitative estimate of drug-likeness (QED) is 0.767. The summed E-state index contributed by atoms with van der Waals surface area (Å²) in [5.74, 6) is 6.58. The lowest BCUT2D eigenvalue weighted by Gasteiger charge is -2.31. The molecule has 2 aromatic rings. The first-order valence-electron chi connectivity index (χ1n) is 8.06. The smallest absolute Gasteiger partial charge is 0.129 e. The molecule has 23 heavy (non-hydrogen) atoms. The molecular formula is C20H21NOS. The van der Waals surface area contributed by atoms with Crippen molar-refractivity contribution in [2.24, 2.45) is 0 Å². The number of nitrogens with zero attached hydrogens (tertiary/aromatic N) is 1. The van der Waals surface area contributed by atoms with E-state index in [4.69, 9.17) is 0 Å². The van der Waals surface area contributed by atoms with E-state index in [-0.39, 0.29) is 6.04 Å². The fourth-order valence-corrected chi connectivity index (χ4v) is 4.29. The van der Waals surface area contributed by atoms with Crippen LogP contribution in [0.2, 0.25) is 0 Å². The lowest BCUT2D eigenvalue weighted by molar-refractivity contribution is 0.314. The highest BCUT2D eigenvalue weighted by atomic mass is 32.2. The summed E-state index contributed by atoms with van der Waals surface area (Å²) >= 11 is 0. The maximum absolute atomic E-state index is 13.0. The molecular weight excluding hydrogens is 302 g/mol. The first kappa shape index (κ1) is 16.0. The van der Waals surface area contributed by atoms with E-state index in [1.54, 1.807) is 0 Å². The molecule has 118 valence electrons. The minimum absolute atomic E-state index is 0.0596. The third kappa shape index (κ3) is 3.90. The van der Waals surface area contributed by atoms with E-state index < -0.39 is 11.0 Å². The van der Waals surface area contributed by atoms with Gasteiger partial charge in [-0.25, -0.2) is 8.51 Å². The van der Waals surface area contributed by atoms with Crippen molar-refractivity contribution in [3.8, 4) is 11.8 Å². The second-order valence-electron chi connectivity index (χ2n) is 5.80. The molecule has 1 aliphatic rings. The van der Waals surface area contributed by atoms with Gasteiger partial charge in [0.2, 0.25) is 0 Å². The van der Waals surface area contributed by atoms with Crippen molar-refractivity contribution in [3.05, 3.63) is 65.7 Å². The summed E-state index contributed by atoms with van der Waals surface area (Å²) < 4.78 is 15.1. The first-order chi connectivity index (χ1) is 11.3. The van der Waals surface area contributed by atoms with Crippen LogP contribution in [0.1, 0.15) is 30.4 Å². The first-order valence-corrected chi connectivity index (χ1v) is 9.17. The Hall–Kier alpha value is -1.89. The Labute approximate surface area is 141 Å². The Morgan fingerprint density at radius 1 is 1.04 bits per heavy atom. The predicted octanol–water partition coefficient (Wildman–Crippen LogP) is 3.92. The highest BCUT2D eigenvalue weighted by Crippen LogP contribution is 2.24. The monoisotopic (exact) mass is 323 g/mol. The average molecular weight is 323 g/mol. The zero-order valence-electron chi connectivity index (χ0n) is 13.4. The third-order valence-electron chi connectivity index (χ3n) is 4.11. The van der Waals surface area contributed by atoms with Crippen LogP contribution in [0.15, 0.2) is 59.5 Å². The maximum Gasteiger partial charge on any atom is 0.129 e. The van der Waals surface area contributed by atoms with E-state index >= 15 is 0 Å². The van der Waals surface area contributed by atoms with E-state index in [0.717, 1.165) is 41.8 Å². The van der Waals surface area contributed by atoms with Gasteiger partial charge in [-0.05, 0) is 49.9 Å². The van der Waals surface area contributed by atoms with Crippen molar-refractivity contribution >= 4 is 11.0 Å². The SMILES string of the molecule is Cc1ccccc1S(=O)N1CCCC[C@H]1C#Cc1ccccc1. The summed E-state index contributed by atoms with van der Waals surface area (Å²) in [4.78, 5) is 0.904. The van der Waals surface area contributed by atoms with Gasteiger partial charge in [-0.2, -0.15) is 0 Å². The van der Waals surface area contributed by atoms with Gasteiger partial charge in [0.05, 0.1) is 10.9 Å². The molecule has 3 heteroatoms. The van der Waals surface area contributed by atoms with Crippen molar-refractivity contribution in [1.82, 2.24) is 4.31 Å². The topological polar surface area (TPSA) is 20.3 Å². The summed E-state index contributed by atoms with van der Waals surface area (Å²) in [6, 6.07) is 18.0. The number of rotatable bonds is 2. The van der Waals surface area contributed by atoms with Crippen LogP contribution in [-0.2, 0) is 11.0 Å². The zero-order chi connectivity index (χ0) is 16.1. The van der Waals surface area contributed by atoms with E-state index in [1.807, 2.05) is 61.5 Å². The van der Waals surface area contributed by atoms with Gasteiger partial charge in [-0.15, -0.1) is 0 Å². The van der Waals surface area contributed by atoms with Crippen LogP contribution < -0.4 is 0 Å². The molecule has 3 rings (SSSR count). The zero-order valence-corrected chi connectivity index (χ0v) is 14.2. The fraction of sp³-hybridized carbons (Fsp3) is 0.300. The van der Waals surface area contributed by atoms with Crippen LogP contribution in [0.4, 0.5) is 0 Å². The van der Waals surface area contributed by atoms with Gasteiger partial charge in [-0.3, -0.25) is 0 Å². The molecule has 0 aliphatic carbocycles. The Kier molecular flexibility index (Phi) is 5.27. The number of piperidine rings is 1. The molecule has 0 N–H and O–H groups in total. The van der Waals surface area contributed by atoms with Gasteiger partial charge in [0.1, 0.15) is 11.0 Å². The Morgan fingerprint density at radius 2 is 1.78 bits per heavy atom. The molecule has 0 saturated carbocycles. The van der Waals surface area contributed by atoms with Crippen molar-refractivity contribution in [1.29, 1.82) is 0 Å². The second-order valence-corrected chi connectivity index (χ2v) is 7.21. The van der Waals surface area contributed by atoms with Crippen LogP contribution in [0.3, 0.4) is 0 Å². The van der Waals surface area contributed by atoms with E-state index in [9.17, 15) is 4.21 Å². The van der Waals surface area contributed by atoms with Crippen molar-refractivity contribution in [2.75, 3.05) is 6.54 Å². The summed E-state index contributed by atoms with van der Waals surface area (Å²) in [5.41, 5.74) is 2.09. The molecule has 0 aromatic heterocycles. The minimum atomic E-state index is -1.14. The third-order valence-corrected chi connectivity index (χ3v) is 5.80. The van der Waals surface area contributed by atoms with E-state index in [1.165, 1.54) is 0 Å². The minimum Gasteiger partial charge on any atom is -0.237 e. The van der Waals surface area contributed by atoms with Gasteiger partial charge in [0.15, 0.2) is 0 Å². The summed E-state index contributed by atoms with van der Waals surface area (Å²) in [6.07, 6.45) is 3.22. The lowest BCUT2D eigenvalue weighted by atomic mass is 10.1. The molecule has 1 saturated heterocycles. The highest BCUT2D eigenvalue weighted by molar-refractivity contribution is 7.82. The van der Waals surface area contributed by atoms with Crippen LogP contribution >= 0.6 is 0 Å². The van der Waals surface area contributed by atoms with Gasteiger partial charge in [0.25, 0.3) is 0 Å². The molecule has 1 aliphatic heterocycles. The molecule has 1 unspecified atom stereocenters. The molecule has 0 amide bonds. The Balaban J connectivity index is 1.83. The Bertz CT molecular complexity index is 745. The molecule has 2 aromatic carbocycles. The van der Waals surface area contributed by atoms with Crippen molar-refractivity contribution < 1.29 is 4.21 Å². The summed E-state index contributed by atoms with van der Waals surface area (Å²) in [7, 11) is -1.14. The van der Waals surface area contributed by atoms with Crippen molar-refractivity contribution in [2.45, 2.75) is 37.1 Å². The Morgan fingerprint density at radius 3 is 2.57 bits per heavy atom. The van der Waals surface area contributed by atoms with Crippen molar-refractivity contribution in [3.63, 3.8) is 0 Å². The van der Waals surface area contributed by atoms with E-state index in [2.05, 4.69) is 16.1 Å². The molecule has 0 bridgehead atoms. The average Bonchev–Trinajstić information content (AvgIpc) is 2.61. The van der Waals surface area contributed by atoms with Gasteiger partial charge < -0.3 is 0 Å². The standard InChI is InChI=1S/C20H21NOS/c1-17-9-5-6-13-20(17)23(22)21-16-8-7-12-19(21)15-14-18-10-3-2-4-11-18/h2-6,9-11,13,19H,7-8,12,16H2,1H3/t19-,23?/m0/s1. The number of hydrogen-bond donors (Lipinski definition) is 0. The van der Waals surface area contributed by atoms with E-state index in [0.29, 0.717) is 0 Å². The molecule has 2 nitrogen and oxygen atoms in total. The number of hydrogen-bond acceptors (Lipinski definition) is 1. The summed E-state index contributed by atoms with van der Waals surface area (Å²) in [5, 5.41) is 0. The summed E-state index contributed by atoms with van der Waals surface area (Å²) in [6.45, 7) is 2.86. The fourth-order valence-electron chi connectivity index (χ4n) is 2.81. The number of benzene rings is 2. The number of aryl methyl sites for hydroxylation is 1. The van der Waals surface area contributed by atoms with Crippen LogP contribution in [0, 0.1) is 18.8 Å². The molecule has 1 heterocycles. The van der Waals surface area contributed by atoms with Gasteiger partial charge in [-0.1, -0.05) is 48.2 Å². The van der Waals surface area contributed by atoms with Gasteiger partial charge >= 0.3 is 0 Å². The lowest BCUT2D eigenvalue weighted by Crippen LogP contribution is -2.40. The van der Waals surface area contributed by atoms with Crippen LogP contribution in [-0.4, -0.2) is 21.1 Å². The highest BCUT2D eigenvalue weighted by Gasteiger charge is 2.27.